The van der Waals surface area contributed by atoms with Crippen LogP contribution in [0.4, 0.5) is 5.69 Å². The predicted octanol–water partition coefficient (Wildman–Crippen LogP) is 1.68. The summed E-state index contributed by atoms with van der Waals surface area (Å²) in [5.74, 6) is -2.09. The average molecular weight is 334 g/mol. The molecule has 2 amide bonds. The number of carboxylic acids is 1. The predicted molar refractivity (Wildman–Crippen MR) is 86.1 cm³/mol. The van der Waals surface area contributed by atoms with Crippen LogP contribution in [0.25, 0.3) is 5.57 Å². The van der Waals surface area contributed by atoms with E-state index in [0.29, 0.717) is 11.3 Å². The normalized spacial score (nSPS) is 21.9. The van der Waals surface area contributed by atoms with Crippen LogP contribution in [0, 0.1) is 0 Å². The van der Waals surface area contributed by atoms with Gasteiger partial charge in [-0.3, -0.25) is 14.5 Å². The summed E-state index contributed by atoms with van der Waals surface area (Å²) in [5.41, 5.74) is 1.49. The van der Waals surface area contributed by atoms with Gasteiger partial charge in [-0.2, -0.15) is 0 Å². The fraction of sp³-hybridized carbons (Fsp3) is 0.143. The zero-order valence-corrected chi connectivity index (χ0v) is 13.0. The Morgan fingerprint density at radius 3 is 2.73 bits per heavy atom. The third-order valence-electron chi connectivity index (χ3n) is 3.44. The van der Waals surface area contributed by atoms with Crippen molar-refractivity contribution in [1.82, 2.24) is 4.90 Å². The van der Waals surface area contributed by atoms with Crippen molar-refractivity contribution in [2.75, 3.05) is 5.32 Å². The van der Waals surface area contributed by atoms with Gasteiger partial charge in [0.05, 0.1) is 10.5 Å². The smallest absolute Gasteiger partial charge is 0.326 e. The summed E-state index contributed by atoms with van der Waals surface area (Å²) in [6.07, 6.45) is 0. The maximum atomic E-state index is 12.5. The monoisotopic (exact) mass is 334 g/mol. The number of hydrogen-bond acceptors (Lipinski definition) is 5. The fourth-order valence-corrected chi connectivity index (χ4v) is 3.81. The van der Waals surface area contributed by atoms with E-state index < -0.39 is 17.9 Å². The third kappa shape index (κ3) is 2.11. The van der Waals surface area contributed by atoms with Gasteiger partial charge in [-0.25, -0.2) is 4.79 Å². The van der Waals surface area contributed by atoms with E-state index >= 15 is 0 Å². The molecule has 0 aromatic heterocycles. The molecule has 0 radical (unpaired) electrons. The Bertz CT molecular complexity index is 772. The highest BCUT2D eigenvalue weighted by Gasteiger charge is 2.42. The summed E-state index contributed by atoms with van der Waals surface area (Å²) >= 11 is 6.06. The number of para-hydroxylation sites is 1. The number of thioether (sulfide) groups is 1. The second kappa shape index (κ2) is 5.22. The maximum absolute atomic E-state index is 12.5. The second-order valence-corrected chi connectivity index (χ2v) is 6.41. The average Bonchev–Trinajstić information content (AvgIpc) is 2.94. The first kappa shape index (κ1) is 14.7. The molecule has 0 bridgehead atoms. The molecule has 1 unspecified atom stereocenters. The summed E-state index contributed by atoms with van der Waals surface area (Å²) < 4.78 is 0.139. The van der Waals surface area contributed by atoms with Crippen molar-refractivity contribution >= 4 is 57.3 Å². The Labute approximate surface area is 135 Å². The van der Waals surface area contributed by atoms with Crippen molar-refractivity contribution in [3.05, 3.63) is 34.7 Å². The number of amides is 2. The molecule has 0 aliphatic carbocycles. The van der Waals surface area contributed by atoms with Crippen LogP contribution in [0.1, 0.15) is 12.5 Å². The second-order valence-electron chi connectivity index (χ2n) is 4.76. The highest BCUT2D eigenvalue weighted by Crippen LogP contribution is 2.42. The van der Waals surface area contributed by atoms with Crippen molar-refractivity contribution in [2.24, 2.45) is 0 Å². The van der Waals surface area contributed by atoms with Crippen LogP contribution in [-0.2, 0) is 14.4 Å². The van der Waals surface area contributed by atoms with Crippen LogP contribution in [0.15, 0.2) is 29.2 Å². The van der Waals surface area contributed by atoms with Gasteiger partial charge in [-0.1, -0.05) is 42.2 Å². The van der Waals surface area contributed by atoms with Gasteiger partial charge in [0.15, 0.2) is 0 Å². The fourth-order valence-electron chi connectivity index (χ4n) is 2.32. The first-order valence-electron chi connectivity index (χ1n) is 6.35. The van der Waals surface area contributed by atoms with E-state index in [9.17, 15) is 14.4 Å². The van der Waals surface area contributed by atoms with E-state index in [2.05, 4.69) is 5.32 Å². The minimum Gasteiger partial charge on any atom is -0.480 e. The van der Waals surface area contributed by atoms with Gasteiger partial charge < -0.3 is 10.4 Å². The molecule has 0 saturated carbocycles. The number of thiocarbonyl (C=S) groups is 1. The lowest BCUT2D eigenvalue weighted by Gasteiger charge is -2.18. The number of anilines is 1. The van der Waals surface area contributed by atoms with Gasteiger partial charge in [0.25, 0.3) is 11.8 Å². The molecule has 1 aromatic rings. The molecule has 3 rings (SSSR count). The van der Waals surface area contributed by atoms with Crippen molar-refractivity contribution in [1.29, 1.82) is 0 Å². The lowest BCUT2D eigenvalue weighted by atomic mass is 10.1. The van der Waals surface area contributed by atoms with Gasteiger partial charge >= 0.3 is 5.97 Å². The number of fused-ring (bicyclic) bond motifs is 1. The third-order valence-corrected chi connectivity index (χ3v) is 4.84. The van der Waals surface area contributed by atoms with Gasteiger partial charge in [0.2, 0.25) is 0 Å². The zero-order chi connectivity index (χ0) is 16.0. The maximum Gasteiger partial charge on any atom is 0.326 e. The number of hydrogen-bond donors (Lipinski definition) is 2. The molecule has 112 valence electrons. The van der Waals surface area contributed by atoms with Crippen LogP contribution in [0.3, 0.4) is 0 Å². The van der Waals surface area contributed by atoms with Gasteiger partial charge in [-0.15, -0.1) is 0 Å². The Kier molecular flexibility index (Phi) is 3.50. The van der Waals surface area contributed by atoms with Crippen LogP contribution < -0.4 is 5.32 Å². The van der Waals surface area contributed by atoms with Crippen molar-refractivity contribution in [3.8, 4) is 0 Å². The summed E-state index contributed by atoms with van der Waals surface area (Å²) in [6, 6.07) is 5.93. The minimum absolute atomic E-state index is 0.139. The molecule has 6 nitrogen and oxygen atoms in total. The first-order chi connectivity index (χ1) is 10.4. The van der Waals surface area contributed by atoms with Gasteiger partial charge in [0, 0.05) is 11.3 Å². The Morgan fingerprint density at radius 2 is 2.05 bits per heavy atom. The highest BCUT2D eigenvalue weighted by molar-refractivity contribution is 8.26. The largest absolute Gasteiger partial charge is 0.480 e. The number of benzene rings is 1. The van der Waals surface area contributed by atoms with Crippen LogP contribution in [0.5, 0.6) is 0 Å². The number of nitrogens with one attached hydrogen (secondary N) is 1. The van der Waals surface area contributed by atoms with E-state index in [4.69, 9.17) is 17.3 Å². The molecule has 22 heavy (non-hydrogen) atoms. The Hall–Kier alpha value is -2.19. The summed E-state index contributed by atoms with van der Waals surface area (Å²) in [6.45, 7) is 1.38. The lowest BCUT2D eigenvalue weighted by molar-refractivity contribution is -0.144. The molecule has 8 heteroatoms. The first-order valence-corrected chi connectivity index (χ1v) is 7.57. The highest BCUT2D eigenvalue weighted by atomic mass is 32.2. The summed E-state index contributed by atoms with van der Waals surface area (Å²) in [5, 5.41) is 11.8. The summed E-state index contributed by atoms with van der Waals surface area (Å²) in [7, 11) is 0. The van der Waals surface area contributed by atoms with Crippen LogP contribution in [-0.4, -0.2) is 38.2 Å². The minimum atomic E-state index is -1.15. The molecular formula is C14H10N2O4S2. The van der Waals surface area contributed by atoms with Crippen LogP contribution >= 0.6 is 24.0 Å². The van der Waals surface area contributed by atoms with Gasteiger partial charge in [-0.05, 0) is 13.0 Å². The molecule has 2 aliphatic rings. The number of aliphatic carboxylic acids is 1. The van der Waals surface area contributed by atoms with Crippen molar-refractivity contribution in [3.63, 3.8) is 0 Å². The van der Waals surface area contributed by atoms with E-state index in [-0.39, 0.29) is 20.7 Å². The van der Waals surface area contributed by atoms with Crippen molar-refractivity contribution in [2.45, 2.75) is 13.0 Å². The number of rotatable bonds is 2. The lowest BCUT2D eigenvalue weighted by Crippen LogP contribution is -2.41. The number of nitrogens with zero attached hydrogens (tertiary/aromatic N) is 1. The molecule has 2 N–H and O–H groups in total. The van der Waals surface area contributed by atoms with E-state index in [0.717, 1.165) is 16.7 Å². The van der Waals surface area contributed by atoms with Crippen molar-refractivity contribution < 1.29 is 19.5 Å². The summed E-state index contributed by atoms with van der Waals surface area (Å²) in [4.78, 5) is 37.0. The Morgan fingerprint density at radius 1 is 1.36 bits per heavy atom. The van der Waals surface area contributed by atoms with E-state index in [1.54, 1.807) is 24.3 Å². The SMILES string of the molecule is CC(C(=O)O)N1C(=O)/C(=C2\C(=O)Nc3ccccc32)SC1=S. The van der Waals surface area contributed by atoms with Crippen LogP contribution in [0.2, 0.25) is 0 Å². The van der Waals surface area contributed by atoms with Gasteiger partial charge in [0.1, 0.15) is 10.4 Å². The van der Waals surface area contributed by atoms with E-state index in [1.807, 2.05) is 0 Å². The molecule has 2 aliphatic heterocycles. The molecule has 1 fully saturated rings. The Balaban J connectivity index is 2.10. The molecule has 1 aromatic carbocycles. The number of carbonyl (C=O) groups is 3. The molecule has 1 saturated heterocycles. The zero-order valence-electron chi connectivity index (χ0n) is 11.3. The molecule has 2 heterocycles. The quantitative estimate of drug-likeness (QED) is 0.632. The molecular weight excluding hydrogens is 324 g/mol. The molecule has 0 spiro atoms. The standard InChI is InChI=1S/C14H10N2O4S2/c1-6(13(19)20)16-12(18)10(22-14(16)21)9-7-4-2-3-5-8(7)15-11(9)17/h2-6H,1H3,(H,15,17)(H,19,20)/b10-9+. The topological polar surface area (TPSA) is 86.7 Å². The van der Waals surface area contributed by atoms with E-state index in [1.165, 1.54) is 6.92 Å². The number of carbonyl (C=O) groups excluding carboxylic acids is 2. The molecule has 1 atom stereocenters. The number of carboxylic acid groups (broad SMARTS) is 1.